The maximum Gasteiger partial charge on any atom is 0.0358 e. The highest BCUT2D eigenvalue weighted by Gasteiger charge is 2.21. The van der Waals surface area contributed by atoms with Crippen LogP contribution in [0.1, 0.15) is 47.9 Å². The number of hydrogen-bond donors (Lipinski definition) is 1. The summed E-state index contributed by atoms with van der Waals surface area (Å²) in [5.74, 6) is 0.622. The second-order valence-corrected chi connectivity index (χ2v) is 4.84. The van der Waals surface area contributed by atoms with Crippen molar-refractivity contribution in [2.24, 2.45) is 0 Å². The SMILES string of the molecule is CC1CC=Cc2cc(N)c3c(c21)C=CCC3. The quantitative estimate of drug-likeness (QED) is 0.650. The van der Waals surface area contributed by atoms with Crippen molar-refractivity contribution in [3.63, 3.8) is 0 Å². The molecule has 0 fully saturated rings. The van der Waals surface area contributed by atoms with Gasteiger partial charge in [0.1, 0.15) is 0 Å². The summed E-state index contributed by atoms with van der Waals surface area (Å²) in [6.45, 7) is 2.31. The Morgan fingerprint density at radius 1 is 1.25 bits per heavy atom. The van der Waals surface area contributed by atoms with Crippen LogP contribution < -0.4 is 5.73 Å². The van der Waals surface area contributed by atoms with Gasteiger partial charge in [-0.3, -0.25) is 0 Å². The summed E-state index contributed by atoms with van der Waals surface area (Å²) in [5.41, 5.74) is 12.7. The standard InChI is InChI=1S/C15H17N/c1-10-5-4-6-11-9-14(16)12-7-2-3-8-13(12)15(10)11/h3-4,6,8-10H,2,5,7,16H2,1H3. The molecule has 0 bridgehead atoms. The highest BCUT2D eigenvalue weighted by atomic mass is 14.6. The van der Waals surface area contributed by atoms with Crippen LogP contribution in [-0.2, 0) is 6.42 Å². The van der Waals surface area contributed by atoms with Crippen LogP contribution in [0, 0.1) is 0 Å². The van der Waals surface area contributed by atoms with E-state index >= 15 is 0 Å². The zero-order chi connectivity index (χ0) is 11.1. The maximum absolute atomic E-state index is 6.14. The predicted octanol–water partition coefficient (Wildman–Crippen LogP) is 3.75. The molecule has 0 saturated heterocycles. The number of benzene rings is 1. The average Bonchev–Trinajstić information content (AvgIpc) is 2.29. The Balaban J connectivity index is 2.31. The summed E-state index contributed by atoms with van der Waals surface area (Å²) < 4.78 is 0. The number of fused-ring (bicyclic) bond motifs is 3. The van der Waals surface area contributed by atoms with Gasteiger partial charge in [0.2, 0.25) is 0 Å². The first-order chi connectivity index (χ1) is 7.77. The van der Waals surface area contributed by atoms with Crippen LogP contribution in [0.4, 0.5) is 5.69 Å². The summed E-state index contributed by atoms with van der Waals surface area (Å²) in [4.78, 5) is 0. The zero-order valence-corrected chi connectivity index (χ0v) is 9.66. The number of nitrogen functional groups attached to an aromatic ring is 1. The lowest BCUT2D eigenvalue weighted by Gasteiger charge is -2.25. The van der Waals surface area contributed by atoms with Crippen LogP contribution in [-0.4, -0.2) is 0 Å². The molecule has 0 radical (unpaired) electrons. The molecule has 0 saturated carbocycles. The van der Waals surface area contributed by atoms with Crippen LogP contribution in [0.15, 0.2) is 18.2 Å². The fourth-order valence-corrected chi connectivity index (χ4v) is 2.91. The Bertz CT molecular complexity index is 495. The van der Waals surface area contributed by atoms with Crippen LogP contribution >= 0.6 is 0 Å². The summed E-state index contributed by atoms with van der Waals surface area (Å²) >= 11 is 0. The molecule has 1 aromatic carbocycles. The van der Waals surface area contributed by atoms with Gasteiger partial charge in [-0.1, -0.05) is 31.2 Å². The second kappa shape index (κ2) is 3.51. The first-order valence-corrected chi connectivity index (χ1v) is 6.05. The minimum absolute atomic E-state index is 0.622. The lowest BCUT2D eigenvalue weighted by atomic mass is 9.80. The summed E-state index contributed by atoms with van der Waals surface area (Å²) in [6, 6.07) is 2.15. The van der Waals surface area contributed by atoms with Gasteiger partial charge >= 0.3 is 0 Å². The third kappa shape index (κ3) is 1.31. The van der Waals surface area contributed by atoms with Crippen LogP contribution in [0.2, 0.25) is 0 Å². The monoisotopic (exact) mass is 211 g/mol. The Hall–Kier alpha value is -1.50. The average molecular weight is 211 g/mol. The van der Waals surface area contributed by atoms with Crippen LogP contribution in [0.5, 0.6) is 0 Å². The van der Waals surface area contributed by atoms with Gasteiger partial charge in [-0.05, 0) is 53.5 Å². The third-order valence-electron chi connectivity index (χ3n) is 3.71. The molecule has 2 aliphatic rings. The molecule has 2 aliphatic carbocycles. The number of nitrogens with two attached hydrogens (primary N) is 1. The summed E-state index contributed by atoms with van der Waals surface area (Å²) in [7, 11) is 0. The molecular formula is C15H17N. The van der Waals surface area contributed by atoms with E-state index in [4.69, 9.17) is 5.73 Å². The van der Waals surface area contributed by atoms with Crippen molar-refractivity contribution in [3.8, 4) is 0 Å². The molecule has 1 aromatic rings. The fourth-order valence-electron chi connectivity index (χ4n) is 2.91. The van der Waals surface area contributed by atoms with Gasteiger partial charge in [-0.15, -0.1) is 0 Å². The molecule has 1 nitrogen and oxygen atoms in total. The lowest BCUT2D eigenvalue weighted by molar-refractivity contribution is 0.765. The van der Waals surface area contributed by atoms with E-state index in [9.17, 15) is 0 Å². The van der Waals surface area contributed by atoms with Gasteiger partial charge in [-0.2, -0.15) is 0 Å². The molecule has 0 spiro atoms. The fraction of sp³-hybridized carbons (Fsp3) is 0.333. The van der Waals surface area contributed by atoms with E-state index in [1.54, 1.807) is 0 Å². The van der Waals surface area contributed by atoms with E-state index in [-0.39, 0.29) is 0 Å². The molecule has 0 aromatic heterocycles. The first-order valence-electron chi connectivity index (χ1n) is 6.05. The smallest absolute Gasteiger partial charge is 0.0358 e. The predicted molar refractivity (Wildman–Crippen MR) is 70.3 cm³/mol. The van der Waals surface area contributed by atoms with E-state index in [0.717, 1.165) is 24.9 Å². The van der Waals surface area contributed by atoms with Crippen molar-refractivity contribution >= 4 is 17.8 Å². The number of rotatable bonds is 0. The van der Waals surface area contributed by atoms with Crippen molar-refractivity contribution in [2.45, 2.75) is 32.1 Å². The number of hydrogen-bond acceptors (Lipinski definition) is 1. The van der Waals surface area contributed by atoms with E-state index in [0.29, 0.717) is 5.92 Å². The normalized spacial score (nSPS) is 21.7. The molecule has 1 atom stereocenters. The van der Waals surface area contributed by atoms with Crippen LogP contribution in [0.25, 0.3) is 12.2 Å². The highest BCUT2D eigenvalue weighted by molar-refractivity contribution is 5.76. The lowest BCUT2D eigenvalue weighted by Crippen LogP contribution is -2.10. The summed E-state index contributed by atoms with van der Waals surface area (Å²) in [6.07, 6.45) is 12.4. The Kier molecular flexibility index (Phi) is 2.13. The molecule has 1 unspecified atom stereocenters. The Morgan fingerprint density at radius 2 is 2.12 bits per heavy atom. The van der Waals surface area contributed by atoms with Crippen molar-refractivity contribution < 1.29 is 0 Å². The Morgan fingerprint density at radius 3 is 3.00 bits per heavy atom. The minimum atomic E-state index is 0.622. The molecule has 0 heterocycles. The van der Waals surface area contributed by atoms with E-state index in [1.807, 2.05) is 0 Å². The highest BCUT2D eigenvalue weighted by Crippen LogP contribution is 2.39. The largest absolute Gasteiger partial charge is 0.398 e. The van der Waals surface area contributed by atoms with Gasteiger partial charge in [0.25, 0.3) is 0 Å². The molecule has 82 valence electrons. The van der Waals surface area contributed by atoms with E-state index in [1.165, 1.54) is 22.3 Å². The molecule has 1 heteroatoms. The zero-order valence-electron chi connectivity index (χ0n) is 9.66. The second-order valence-electron chi connectivity index (χ2n) is 4.84. The van der Waals surface area contributed by atoms with Crippen molar-refractivity contribution in [1.29, 1.82) is 0 Å². The van der Waals surface area contributed by atoms with Crippen molar-refractivity contribution in [2.75, 3.05) is 5.73 Å². The molecule has 0 aliphatic heterocycles. The van der Waals surface area contributed by atoms with Gasteiger partial charge in [0, 0.05) is 5.69 Å². The van der Waals surface area contributed by atoms with Gasteiger partial charge in [0.05, 0.1) is 0 Å². The molecule has 16 heavy (non-hydrogen) atoms. The first kappa shape index (κ1) is 9.71. The maximum atomic E-state index is 6.14. The third-order valence-corrected chi connectivity index (χ3v) is 3.71. The van der Waals surface area contributed by atoms with Gasteiger partial charge in [-0.25, -0.2) is 0 Å². The molecule has 0 amide bonds. The van der Waals surface area contributed by atoms with E-state index < -0.39 is 0 Å². The minimum Gasteiger partial charge on any atom is -0.398 e. The topological polar surface area (TPSA) is 26.0 Å². The molecular weight excluding hydrogens is 194 g/mol. The molecule has 2 N–H and O–H groups in total. The van der Waals surface area contributed by atoms with Crippen molar-refractivity contribution in [1.82, 2.24) is 0 Å². The van der Waals surface area contributed by atoms with E-state index in [2.05, 4.69) is 37.3 Å². The number of anilines is 1. The van der Waals surface area contributed by atoms with Crippen LogP contribution in [0.3, 0.4) is 0 Å². The molecule has 3 rings (SSSR count). The van der Waals surface area contributed by atoms with Gasteiger partial charge in [0.15, 0.2) is 0 Å². The Labute approximate surface area is 96.7 Å². The summed E-state index contributed by atoms with van der Waals surface area (Å²) in [5, 5.41) is 0. The number of allylic oxidation sites excluding steroid dienone is 2. The van der Waals surface area contributed by atoms with Gasteiger partial charge < -0.3 is 5.73 Å². The van der Waals surface area contributed by atoms with Crippen molar-refractivity contribution in [3.05, 3.63) is 40.5 Å².